The lowest BCUT2D eigenvalue weighted by Gasteiger charge is -2.06. The lowest BCUT2D eigenvalue weighted by Crippen LogP contribution is -1.91. The van der Waals surface area contributed by atoms with Gasteiger partial charge in [-0.25, -0.2) is 0 Å². The van der Waals surface area contributed by atoms with Gasteiger partial charge in [0.25, 0.3) is 0 Å². The molecular formula is C16H15N. The fourth-order valence-corrected chi connectivity index (χ4v) is 2.35. The van der Waals surface area contributed by atoms with Gasteiger partial charge in [-0.3, -0.25) is 0 Å². The van der Waals surface area contributed by atoms with Crippen LogP contribution in [-0.4, -0.2) is 4.57 Å². The number of aryl methyl sites for hydroxylation is 1. The molecule has 1 aromatic heterocycles. The van der Waals surface area contributed by atoms with E-state index < -0.39 is 0 Å². The molecule has 0 N–H and O–H groups in total. The van der Waals surface area contributed by atoms with Crippen LogP contribution in [0, 0.1) is 0 Å². The minimum absolute atomic E-state index is 1.08. The van der Waals surface area contributed by atoms with Crippen LogP contribution in [0.25, 0.3) is 16.6 Å². The molecule has 84 valence electrons. The van der Waals surface area contributed by atoms with Crippen LogP contribution >= 0.6 is 0 Å². The van der Waals surface area contributed by atoms with E-state index in [0.29, 0.717) is 0 Å². The molecule has 0 atom stereocenters. The Labute approximate surface area is 101 Å². The van der Waals surface area contributed by atoms with Gasteiger partial charge in [0.05, 0.1) is 5.52 Å². The summed E-state index contributed by atoms with van der Waals surface area (Å²) in [4.78, 5) is 0. The number of nitrogens with zero attached hydrogens (tertiary/aromatic N) is 1. The van der Waals surface area contributed by atoms with Crippen LogP contribution in [-0.2, 0) is 6.42 Å². The summed E-state index contributed by atoms with van der Waals surface area (Å²) in [5.74, 6) is 0. The van der Waals surface area contributed by atoms with E-state index in [1.165, 1.54) is 22.2 Å². The summed E-state index contributed by atoms with van der Waals surface area (Å²) < 4.78 is 2.24. The fraction of sp³-hybridized carbons (Fsp3) is 0.125. The number of para-hydroxylation sites is 1. The van der Waals surface area contributed by atoms with E-state index in [4.69, 9.17) is 0 Å². The molecule has 0 spiro atoms. The Bertz CT molecular complexity index is 635. The largest absolute Gasteiger partial charge is 0.317 e. The molecule has 0 saturated heterocycles. The molecule has 2 aromatic carbocycles. The smallest absolute Gasteiger partial charge is 0.0531 e. The quantitative estimate of drug-likeness (QED) is 0.611. The molecule has 3 aromatic rings. The third-order valence-corrected chi connectivity index (χ3v) is 3.24. The van der Waals surface area contributed by atoms with Crippen molar-refractivity contribution in [1.82, 2.24) is 4.57 Å². The zero-order valence-corrected chi connectivity index (χ0v) is 9.93. The first-order valence-electron chi connectivity index (χ1n) is 6.04. The highest BCUT2D eigenvalue weighted by molar-refractivity contribution is 5.85. The maximum Gasteiger partial charge on any atom is 0.0531 e. The highest BCUT2D eigenvalue weighted by atomic mass is 15.0. The Kier molecular flexibility index (Phi) is 2.45. The van der Waals surface area contributed by atoms with E-state index in [1.807, 2.05) is 6.07 Å². The van der Waals surface area contributed by atoms with Crippen molar-refractivity contribution in [2.75, 3.05) is 0 Å². The Hall–Kier alpha value is -2.02. The number of hydrogen-bond donors (Lipinski definition) is 0. The Morgan fingerprint density at radius 2 is 1.71 bits per heavy atom. The van der Waals surface area contributed by atoms with Crippen molar-refractivity contribution in [3.8, 4) is 5.69 Å². The van der Waals surface area contributed by atoms with Gasteiger partial charge in [0, 0.05) is 17.3 Å². The van der Waals surface area contributed by atoms with Crippen molar-refractivity contribution in [2.45, 2.75) is 13.3 Å². The monoisotopic (exact) mass is 221 g/mol. The van der Waals surface area contributed by atoms with Crippen molar-refractivity contribution >= 4 is 10.9 Å². The summed E-state index contributed by atoms with van der Waals surface area (Å²) in [5, 5.41) is 1.36. The lowest BCUT2D eigenvalue weighted by atomic mass is 10.1. The maximum absolute atomic E-state index is 2.24. The summed E-state index contributed by atoms with van der Waals surface area (Å²) in [6.45, 7) is 2.20. The highest BCUT2D eigenvalue weighted by Gasteiger charge is 2.04. The van der Waals surface area contributed by atoms with Gasteiger partial charge in [-0.15, -0.1) is 0 Å². The maximum atomic E-state index is 2.24. The van der Waals surface area contributed by atoms with Crippen molar-refractivity contribution in [3.05, 3.63) is 66.4 Å². The second kappa shape index (κ2) is 4.10. The molecule has 0 fully saturated rings. The minimum Gasteiger partial charge on any atom is -0.317 e. The molecule has 17 heavy (non-hydrogen) atoms. The molecular weight excluding hydrogens is 206 g/mol. The summed E-state index contributed by atoms with van der Waals surface area (Å²) in [6, 6.07) is 19.2. The van der Waals surface area contributed by atoms with Gasteiger partial charge in [0.1, 0.15) is 0 Å². The second-order valence-electron chi connectivity index (χ2n) is 4.22. The van der Waals surface area contributed by atoms with Crippen molar-refractivity contribution < 1.29 is 0 Å². The molecule has 1 nitrogen and oxygen atoms in total. The van der Waals surface area contributed by atoms with E-state index in [0.717, 1.165) is 6.42 Å². The minimum atomic E-state index is 1.08. The van der Waals surface area contributed by atoms with Crippen LogP contribution in [0.2, 0.25) is 0 Å². The summed E-state index contributed by atoms with van der Waals surface area (Å²) in [5.41, 5.74) is 3.92. The van der Waals surface area contributed by atoms with E-state index >= 15 is 0 Å². The van der Waals surface area contributed by atoms with Gasteiger partial charge in [0.2, 0.25) is 0 Å². The summed E-state index contributed by atoms with van der Waals surface area (Å²) in [7, 11) is 0. The van der Waals surface area contributed by atoms with Gasteiger partial charge in [-0.05, 0) is 36.2 Å². The van der Waals surface area contributed by atoms with E-state index in [-0.39, 0.29) is 0 Å². The number of fused-ring (bicyclic) bond motifs is 1. The van der Waals surface area contributed by atoms with E-state index in [1.54, 1.807) is 0 Å². The molecule has 0 aliphatic rings. The van der Waals surface area contributed by atoms with Crippen LogP contribution in [0.15, 0.2) is 60.8 Å². The lowest BCUT2D eigenvalue weighted by molar-refractivity contribution is 1.12. The van der Waals surface area contributed by atoms with Crippen molar-refractivity contribution in [2.24, 2.45) is 0 Å². The highest BCUT2D eigenvalue weighted by Crippen LogP contribution is 2.23. The molecule has 0 radical (unpaired) electrons. The molecule has 0 amide bonds. The van der Waals surface area contributed by atoms with Crippen molar-refractivity contribution in [1.29, 1.82) is 0 Å². The topological polar surface area (TPSA) is 4.93 Å². The van der Waals surface area contributed by atoms with Crippen LogP contribution in [0.4, 0.5) is 0 Å². The first-order chi connectivity index (χ1) is 8.40. The number of benzene rings is 2. The third-order valence-electron chi connectivity index (χ3n) is 3.24. The van der Waals surface area contributed by atoms with Crippen LogP contribution in [0.1, 0.15) is 12.5 Å². The van der Waals surface area contributed by atoms with Crippen LogP contribution in [0.3, 0.4) is 0 Å². The van der Waals surface area contributed by atoms with Gasteiger partial charge in [-0.1, -0.05) is 37.3 Å². The Balaban J connectivity index is 2.26. The summed E-state index contributed by atoms with van der Waals surface area (Å²) >= 11 is 0. The molecule has 0 bridgehead atoms. The number of rotatable bonds is 2. The standard InChI is InChI=1S/C16H15N/c1-2-13-7-6-10-16-15(13)11-12-17(16)14-8-4-3-5-9-14/h3-12H,2H2,1H3. The molecule has 3 rings (SSSR count). The molecule has 1 heterocycles. The molecule has 1 heteroatoms. The normalized spacial score (nSPS) is 10.9. The SMILES string of the molecule is CCc1cccc2c1ccn2-c1ccccc1. The Morgan fingerprint density at radius 1 is 0.882 bits per heavy atom. The second-order valence-corrected chi connectivity index (χ2v) is 4.22. The zero-order chi connectivity index (χ0) is 11.7. The van der Waals surface area contributed by atoms with Crippen molar-refractivity contribution in [3.63, 3.8) is 0 Å². The fourth-order valence-electron chi connectivity index (χ4n) is 2.35. The van der Waals surface area contributed by atoms with Gasteiger partial charge < -0.3 is 4.57 Å². The third kappa shape index (κ3) is 1.64. The molecule has 0 aliphatic carbocycles. The first kappa shape index (κ1) is 10.2. The van der Waals surface area contributed by atoms with Crippen LogP contribution in [0.5, 0.6) is 0 Å². The van der Waals surface area contributed by atoms with Gasteiger partial charge in [-0.2, -0.15) is 0 Å². The predicted octanol–water partition coefficient (Wildman–Crippen LogP) is 4.19. The zero-order valence-electron chi connectivity index (χ0n) is 9.93. The van der Waals surface area contributed by atoms with Gasteiger partial charge in [0.15, 0.2) is 0 Å². The predicted molar refractivity (Wildman–Crippen MR) is 72.7 cm³/mol. The molecule has 0 saturated carbocycles. The van der Waals surface area contributed by atoms with E-state index in [9.17, 15) is 0 Å². The Morgan fingerprint density at radius 3 is 2.47 bits per heavy atom. The number of aromatic nitrogens is 1. The number of hydrogen-bond acceptors (Lipinski definition) is 0. The molecule has 0 unspecified atom stereocenters. The first-order valence-corrected chi connectivity index (χ1v) is 6.04. The average molecular weight is 221 g/mol. The summed E-state index contributed by atoms with van der Waals surface area (Å²) in [6.07, 6.45) is 3.23. The average Bonchev–Trinajstić information content (AvgIpc) is 2.83. The van der Waals surface area contributed by atoms with Crippen LogP contribution < -0.4 is 0 Å². The van der Waals surface area contributed by atoms with E-state index in [2.05, 4.69) is 66.2 Å². The molecule has 0 aliphatic heterocycles. The van der Waals surface area contributed by atoms with Gasteiger partial charge >= 0.3 is 0 Å².